The molecule has 0 heterocycles. The van der Waals surface area contributed by atoms with Gasteiger partial charge in [-0.15, -0.1) is 0 Å². The fraction of sp³-hybridized carbons (Fsp3) is 1.00. The maximum absolute atomic E-state index is 7.00. The minimum absolute atomic E-state index is 0. The second-order valence-corrected chi connectivity index (χ2v) is 0. The molecule has 4 heteroatoms. The molecule has 7 heavy (non-hydrogen) atoms. The van der Waals surface area contributed by atoms with Gasteiger partial charge in [0.05, 0.1) is 0 Å². The van der Waals surface area contributed by atoms with Gasteiger partial charge in [-0.2, -0.15) is 0 Å². The number of rotatable bonds is 0. The van der Waals surface area contributed by atoms with Crippen LogP contribution >= 0.6 is 0 Å². The molecule has 0 atom stereocenters. The molecule has 0 aromatic heterocycles. The Kier molecular flexibility index (Phi) is 1840. The Morgan fingerprint density at radius 3 is 0.571 bits per heavy atom. The summed E-state index contributed by atoms with van der Waals surface area (Å²) in [6, 6.07) is 0. The minimum atomic E-state index is 0. The third kappa shape index (κ3) is 344. The predicted molar refractivity (Wildman–Crippen MR) is 30.2 cm³/mol. The molecule has 3 nitrogen and oxygen atoms in total. The van der Waals surface area contributed by atoms with E-state index >= 15 is 0 Å². The molecule has 0 saturated carbocycles. The smallest absolute Gasteiger partial charge is 0.400 e. The summed E-state index contributed by atoms with van der Waals surface area (Å²) in [7, 11) is 3.00. The van der Waals surface area contributed by atoms with E-state index in [4.69, 9.17) is 15.3 Å². The van der Waals surface area contributed by atoms with E-state index in [2.05, 4.69) is 0 Å². The molecule has 0 saturated heterocycles. The van der Waals surface area contributed by atoms with Gasteiger partial charge < -0.3 is 15.3 Å². The fourth-order valence-electron chi connectivity index (χ4n) is 0. The molecule has 0 amide bonds. The van der Waals surface area contributed by atoms with E-state index in [1.165, 1.54) is 0 Å². The van der Waals surface area contributed by atoms with Crippen LogP contribution in [0.15, 0.2) is 0 Å². The van der Waals surface area contributed by atoms with Crippen molar-refractivity contribution < 1.29 is 15.3 Å². The first kappa shape index (κ1) is 25.4. The van der Waals surface area contributed by atoms with Crippen molar-refractivity contribution in [1.29, 1.82) is 0 Å². The van der Waals surface area contributed by atoms with Gasteiger partial charge in [0.1, 0.15) is 0 Å². The number of hydrogen-bond donors (Lipinski definition) is 3. The summed E-state index contributed by atoms with van der Waals surface area (Å²) in [5.74, 6) is 0. The molecular formula is C3H12MgO3+2. The summed E-state index contributed by atoms with van der Waals surface area (Å²) in [5, 5.41) is 21.0. The van der Waals surface area contributed by atoms with Gasteiger partial charge >= 0.3 is 23.1 Å². The Balaban J connectivity index is -0.00000000900. The normalized spacial score (nSPS) is 2.57. The van der Waals surface area contributed by atoms with Crippen molar-refractivity contribution in [2.45, 2.75) is 0 Å². The van der Waals surface area contributed by atoms with Crippen molar-refractivity contribution >= 4 is 23.1 Å². The predicted octanol–water partition coefficient (Wildman–Crippen LogP) is -1.56. The van der Waals surface area contributed by atoms with Gasteiger partial charge in [0.25, 0.3) is 0 Å². The van der Waals surface area contributed by atoms with Crippen LogP contribution in [0.2, 0.25) is 0 Å². The van der Waals surface area contributed by atoms with Crippen molar-refractivity contribution in [3.63, 3.8) is 0 Å². The molecule has 42 valence electrons. The van der Waals surface area contributed by atoms with Crippen molar-refractivity contribution in [3.05, 3.63) is 0 Å². The fourth-order valence-corrected chi connectivity index (χ4v) is 0. The van der Waals surface area contributed by atoms with E-state index in [-0.39, 0.29) is 23.1 Å². The van der Waals surface area contributed by atoms with Crippen LogP contribution in [0.25, 0.3) is 0 Å². The molecule has 0 rings (SSSR count). The molecule has 0 unspecified atom stereocenters. The van der Waals surface area contributed by atoms with Gasteiger partial charge in [0, 0.05) is 21.3 Å². The standard InChI is InChI=1S/3CH4O.Mg/c3*1-2;/h3*2H,1H3;/q;;;+2. The number of aliphatic hydroxyl groups is 3. The van der Waals surface area contributed by atoms with Gasteiger partial charge in [-0.25, -0.2) is 0 Å². The van der Waals surface area contributed by atoms with Gasteiger partial charge in [-0.05, 0) is 0 Å². The maximum Gasteiger partial charge on any atom is 2.00 e. The molecule has 0 aromatic rings. The Hall–Kier alpha value is 0.646. The summed E-state index contributed by atoms with van der Waals surface area (Å²) < 4.78 is 0. The van der Waals surface area contributed by atoms with Gasteiger partial charge in [0.15, 0.2) is 0 Å². The Bertz CT molecular complexity index is 10.1. The molecule has 0 bridgehead atoms. The van der Waals surface area contributed by atoms with Crippen LogP contribution in [-0.2, 0) is 0 Å². The molecule has 0 radical (unpaired) electrons. The van der Waals surface area contributed by atoms with Gasteiger partial charge in [-0.3, -0.25) is 0 Å². The van der Waals surface area contributed by atoms with Crippen LogP contribution in [-0.4, -0.2) is 59.7 Å². The van der Waals surface area contributed by atoms with Crippen molar-refractivity contribution in [1.82, 2.24) is 0 Å². The maximum atomic E-state index is 7.00. The largest absolute Gasteiger partial charge is 2.00 e. The summed E-state index contributed by atoms with van der Waals surface area (Å²) in [6.45, 7) is 0. The topological polar surface area (TPSA) is 60.7 Å². The van der Waals surface area contributed by atoms with E-state index in [1.54, 1.807) is 0 Å². The average Bonchev–Trinajstić information content (AvgIpc) is 1.81. The van der Waals surface area contributed by atoms with Gasteiger partial charge in [0.2, 0.25) is 0 Å². The van der Waals surface area contributed by atoms with Crippen LogP contribution in [0, 0.1) is 0 Å². The zero-order chi connectivity index (χ0) is 6.00. The SMILES string of the molecule is CO.CO.CO.[Mg+2]. The summed E-state index contributed by atoms with van der Waals surface area (Å²) in [4.78, 5) is 0. The monoisotopic (exact) mass is 120 g/mol. The summed E-state index contributed by atoms with van der Waals surface area (Å²) in [5.41, 5.74) is 0. The van der Waals surface area contributed by atoms with E-state index < -0.39 is 0 Å². The third-order valence-electron chi connectivity index (χ3n) is 0. The first-order valence-corrected chi connectivity index (χ1v) is 1.34. The minimum Gasteiger partial charge on any atom is -0.400 e. The summed E-state index contributed by atoms with van der Waals surface area (Å²) >= 11 is 0. The van der Waals surface area contributed by atoms with Gasteiger partial charge in [-0.1, -0.05) is 0 Å². The zero-order valence-electron chi connectivity index (χ0n) is 5.05. The molecule has 0 aliphatic rings. The Morgan fingerprint density at radius 1 is 0.571 bits per heavy atom. The second-order valence-electron chi connectivity index (χ2n) is 0. The van der Waals surface area contributed by atoms with E-state index in [0.29, 0.717) is 0 Å². The van der Waals surface area contributed by atoms with Crippen LogP contribution in [0.1, 0.15) is 0 Å². The van der Waals surface area contributed by atoms with Crippen LogP contribution in [0.4, 0.5) is 0 Å². The van der Waals surface area contributed by atoms with Crippen LogP contribution < -0.4 is 0 Å². The Labute approximate surface area is 60.1 Å². The zero-order valence-corrected chi connectivity index (χ0v) is 6.46. The Morgan fingerprint density at radius 2 is 0.571 bits per heavy atom. The van der Waals surface area contributed by atoms with Crippen LogP contribution in [0.3, 0.4) is 0 Å². The van der Waals surface area contributed by atoms with E-state index in [9.17, 15) is 0 Å². The molecule has 0 fully saturated rings. The molecule has 3 N–H and O–H groups in total. The molecule has 0 aromatic carbocycles. The van der Waals surface area contributed by atoms with Crippen LogP contribution in [0.5, 0.6) is 0 Å². The molecule has 0 aliphatic carbocycles. The quantitative estimate of drug-likeness (QED) is 0.339. The molecule has 0 spiro atoms. The third-order valence-corrected chi connectivity index (χ3v) is 0. The first-order chi connectivity index (χ1) is 3.00. The van der Waals surface area contributed by atoms with E-state index in [1.807, 2.05) is 0 Å². The number of aliphatic hydroxyl groups excluding tert-OH is 3. The number of hydrogen-bond acceptors (Lipinski definition) is 3. The van der Waals surface area contributed by atoms with Crippen molar-refractivity contribution in [2.75, 3.05) is 21.3 Å². The van der Waals surface area contributed by atoms with Crippen molar-refractivity contribution in [2.24, 2.45) is 0 Å². The molecule has 0 aliphatic heterocycles. The summed E-state index contributed by atoms with van der Waals surface area (Å²) in [6.07, 6.45) is 0. The average molecular weight is 120 g/mol. The first-order valence-electron chi connectivity index (χ1n) is 1.34. The van der Waals surface area contributed by atoms with Crippen molar-refractivity contribution in [3.8, 4) is 0 Å². The molecular weight excluding hydrogens is 108 g/mol. The van der Waals surface area contributed by atoms with E-state index in [0.717, 1.165) is 21.3 Å². The second kappa shape index (κ2) is 507.